The third kappa shape index (κ3) is 4.78. The van der Waals surface area contributed by atoms with E-state index in [-0.39, 0.29) is 29.2 Å². The second-order valence-corrected chi connectivity index (χ2v) is 8.57. The molecule has 1 aliphatic carbocycles. The summed E-state index contributed by atoms with van der Waals surface area (Å²) >= 11 is 0. The number of benzene rings is 2. The number of nitrogens with one attached hydrogen (secondary N) is 1. The largest absolute Gasteiger partial charge is 0.508 e. The van der Waals surface area contributed by atoms with Crippen molar-refractivity contribution >= 4 is 11.6 Å². The Bertz CT molecular complexity index is 857. The van der Waals surface area contributed by atoms with Crippen LogP contribution in [-0.4, -0.2) is 21.7 Å². The van der Waals surface area contributed by atoms with Gasteiger partial charge in [0.1, 0.15) is 11.5 Å². The van der Waals surface area contributed by atoms with Gasteiger partial charge in [0.05, 0.1) is 11.2 Å². The van der Waals surface area contributed by atoms with Gasteiger partial charge in [0, 0.05) is 0 Å². The summed E-state index contributed by atoms with van der Waals surface area (Å²) in [6, 6.07) is 12.8. The summed E-state index contributed by atoms with van der Waals surface area (Å²) in [4.78, 5) is 12.9. The Morgan fingerprint density at radius 3 is 2.13 bits per heavy atom. The molecule has 1 saturated carbocycles. The molecule has 2 atom stereocenters. The number of aromatic hydroxyl groups is 2. The zero-order valence-electron chi connectivity index (χ0n) is 18.0. The Kier molecular flexibility index (Phi) is 7.03. The highest BCUT2D eigenvalue weighted by atomic mass is 16.3. The second-order valence-electron chi connectivity index (χ2n) is 8.57. The van der Waals surface area contributed by atoms with Crippen LogP contribution in [0.2, 0.25) is 0 Å². The first-order valence-electron chi connectivity index (χ1n) is 11.1. The lowest BCUT2D eigenvalue weighted by molar-refractivity contribution is -0.122. The number of phenolic OH excluding ortho intramolecular Hbond substituents is 2. The quantitative estimate of drug-likeness (QED) is 0.461. The fourth-order valence-corrected chi connectivity index (χ4v) is 4.77. The van der Waals surface area contributed by atoms with Crippen LogP contribution in [0.4, 0.5) is 5.69 Å². The standard InChI is InChI=1S/C25H34N2O3/c1-3-20(17-8-11-19(28)12-9-17)21(4-2)18-10-13-23(29)22(16-18)27-24(30)25(26)14-6-5-7-15-25/h8-13,16,20-21,28-29H,3-7,14-15,26H2,1-2H3,(H,27,30). The highest BCUT2D eigenvalue weighted by Crippen LogP contribution is 2.40. The number of amides is 1. The van der Waals surface area contributed by atoms with Crippen molar-refractivity contribution in [3.05, 3.63) is 53.6 Å². The van der Waals surface area contributed by atoms with E-state index in [0.29, 0.717) is 18.5 Å². The monoisotopic (exact) mass is 410 g/mol. The molecular weight excluding hydrogens is 376 g/mol. The van der Waals surface area contributed by atoms with Crippen LogP contribution in [-0.2, 0) is 4.79 Å². The van der Waals surface area contributed by atoms with Crippen molar-refractivity contribution in [2.75, 3.05) is 5.32 Å². The summed E-state index contributed by atoms with van der Waals surface area (Å²) in [5.74, 6) is 0.585. The maximum absolute atomic E-state index is 12.9. The van der Waals surface area contributed by atoms with Gasteiger partial charge in [-0.05, 0) is 72.9 Å². The molecule has 0 aromatic heterocycles. The SMILES string of the molecule is CCC(c1ccc(O)cc1)C(CC)c1ccc(O)c(NC(=O)C2(N)CCCCC2)c1. The molecule has 0 heterocycles. The number of hydrogen-bond acceptors (Lipinski definition) is 4. The fourth-order valence-electron chi connectivity index (χ4n) is 4.77. The van der Waals surface area contributed by atoms with Crippen LogP contribution in [0.25, 0.3) is 0 Å². The lowest BCUT2D eigenvalue weighted by Gasteiger charge is -2.32. The Morgan fingerprint density at radius 1 is 0.967 bits per heavy atom. The number of carbonyl (C=O) groups is 1. The Morgan fingerprint density at radius 2 is 1.53 bits per heavy atom. The van der Waals surface area contributed by atoms with E-state index in [1.807, 2.05) is 24.3 Å². The molecule has 5 nitrogen and oxygen atoms in total. The van der Waals surface area contributed by atoms with Crippen molar-refractivity contribution in [3.63, 3.8) is 0 Å². The summed E-state index contributed by atoms with van der Waals surface area (Å²) in [7, 11) is 0. The topological polar surface area (TPSA) is 95.6 Å². The molecule has 30 heavy (non-hydrogen) atoms. The van der Waals surface area contributed by atoms with Gasteiger partial charge in [0.15, 0.2) is 0 Å². The third-order valence-electron chi connectivity index (χ3n) is 6.58. The normalized spacial score (nSPS) is 17.8. The van der Waals surface area contributed by atoms with Crippen LogP contribution in [0.15, 0.2) is 42.5 Å². The number of nitrogens with two attached hydrogens (primary N) is 1. The van der Waals surface area contributed by atoms with Crippen LogP contribution >= 0.6 is 0 Å². The van der Waals surface area contributed by atoms with Gasteiger partial charge in [0.25, 0.3) is 0 Å². The summed E-state index contributed by atoms with van der Waals surface area (Å²) in [5, 5.41) is 22.9. The molecular formula is C25H34N2O3. The van der Waals surface area contributed by atoms with Crippen LogP contribution in [0, 0.1) is 0 Å². The molecule has 2 aromatic carbocycles. The van der Waals surface area contributed by atoms with Crippen molar-refractivity contribution in [2.45, 2.75) is 76.2 Å². The third-order valence-corrected chi connectivity index (χ3v) is 6.58. The molecule has 1 fully saturated rings. The van der Waals surface area contributed by atoms with Crippen molar-refractivity contribution in [1.29, 1.82) is 0 Å². The zero-order valence-corrected chi connectivity index (χ0v) is 18.0. The smallest absolute Gasteiger partial charge is 0.244 e. The molecule has 162 valence electrons. The average molecular weight is 411 g/mol. The Hall–Kier alpha value is -2.53. The van der Waals surface area contributed by atoms with Gasteiger partial charge in [-0.2, -0.15) is 0 Å². The van der Waals surface area contributed by atoms with Gasteiger partial charge in [-0.25, -0.2) is 0 Å². The molecule has 3 rings (SSSR count). The van der Waals surface area contributed by atoms with Gasteiger partial charge in [0.2, 0.25) is 5.91 Å². The van der Waals surface area contributed by atoms with Crippen molar-refractivity contribution in [3.8, 4) is 11.5 Å². The number of phenols is 2. The van der Waals surface area contributed by atoms with Gasteiger partial charge in [-0.15, -0.1) is 0 Å². The lowest BCUT2D eigenvalue weighted by atomic mass is 9.78. The summed E-state index contributed by atoms with van der Waals surface area (Å²) in [5.41, 5.74) is 8.17. The fraction of sp³-hybridized carbons (Fsp3) is 0.480. The first-order valence-corrected chi connectivity index (χ1v) is 11.1. The molecule has 1 aliphatic rings. The van der Waals surface area contributed by atoms with E-state index in [9.17, 15) is 15.0 Å². The van der Waals surface area contributed by atoms with Crippen molar-refractivity contribution in [2.24, 2.45) is 5.73 Å². The highest BCUT2D eigenvalue weighted by Gasteiger charge is 2.35. The van der Waals surface area contributed by atoms with E-state index in [2.05, 4.69) is 19.2 Å². The Balaban J connectivity index is 1.86. The van der Waals surface area contributed by atoms with E-state index in [0.717, 1.165) is 37.7 Å². The summed E-state index contributed by atoms with van der Waals surface area (Å²) in [6.45, 7) is 4.31. The van der Waals surface area contributed by atoms with Crippen molar-refractivity contribution < 1.29 is 15.0 Å². The van der Waals surface area contributed by atoms with Crippen LogP contribution in [0.3, 0.4) is 0 Å². The molecule has 0 spiro atoms. The highest BCUT2D eigenvalue weighted by molar-refractivity contribution is 5.99. The van der Waals surface area contributed by atoms with E-state index >= 15 is 0 Å². The summed E-state index contributed by atoms with van der Waals surface area (Å²) in [6.07, 6.45) is 6.24. The Labute approximate surface area is 179 Å². The maximum atomic E-state index is 12.9. The van der Waals surface area contributed by atoms with Gasteiger partial charge >= 0.3 is 0 Å². The number of anilines is 1. The molecule has 0 saturated heterocycles. The molecule has 0 aliphatic heterocycles. The van der Waals surface area contributed by atoms with Gasteiger partial charge < -0.3 is 21.3 Å². The summed E-state index contributed by atoms with van der Waals surface area (Å²) < 4.78 is 0. The molecule has 2 unspecified atom stereocenters. The van der Waals surface area contributed by atoms with E-state index < -0.39 is 5.54 Å². The van der Waals surface area contributed by atoms with E-state index in [4.69, 9.17) is 5.73 Å². The van der Waals surface area contributed by atoms with Gasteiger partial charge in [-0.3, -0.25) is 4.79 Å². The molecule has 0 bridgehead atoms. The minimum Gasteiger partial charge on any atom is -0.508 e. The molecule has 2 aromatic rings. The molecule has 5 heteroatoms. The van der Waals surface area contributed by atoms with Crippen LogP contribution in [0.5, 0.6) is 11.5 Å². The predicted molar refractivity (Wildman–Crippen MR) is 121 cm³/mol. The molecule has 1 amide bonds. The number of rotatable bonds is 7. The minimum atomic E-state index is -0.858. The maximum Gasteiger partial charge on any atom is 0.244 e. The van der Waals surface area contributed by atoms with Gasteiger partial charge in [-0.1, -0.05) is 51.3 Å². The van der Waals surface area contributed by atoms with Crippen molar-refractivity contribution in [1.82, 2.24) is 0 Å². The lowest BCUT2D eigenvalue weighted by Crippen LogP contribution is -2.52. The zero-order chi connectivity index (χ0) is 21.7. The minimum absolute atomic E-state index is 0.0547. The second kappa shape index (κ2) is 9.52. The van der Waals surface area contributed by atoms with E-state index in [1.54, 1.807) is 18.2 Å². The molecule has 0 radical (unpaired) electrons. The first-order chi connectivity index (χ1) is 14.4. The van der Waals surface area contributed by atoms with E-state index in [1.165, 1.54) is 5.56 Å². The molecule has 5 N–H and O–H groups in total. The number of carbonyl (C=O) groups excluding carboxylic acids is 1. The number of hydrogen-bond donors (Lipinski definition) is 4. The van der Waals surface area contributed by atoms with Crippen LogP contribution in [0.1, 0.15) is 81.8 Å². The predicted octanol–water partition coefficient (Wildman–Crippen LogP) is 5.39. The average Bonchev–Trinajstić information content (AvgIpc) is 2.75. The first kappa shape index (κ1) is 22.2. The van der Waals surface area contributed by atoms with Crippen LogP contribution < -0.4 is 11.1 Å².